The van der Waals surface area contributed by atoms with Crippen molar-refractivity contribution in [2.45, 2.75) is 26.8 Å². The molecule has 0 saturated heterocycles. The standard InChI is InChI=1S/C8H18N2O/c1-4-10-7(3)8(5-11)6(2)9/h7-11H,4-5H2,1-3H3. The second-order valence-electron chi connectivity index (χ2n) is 2.82. The van der Waals surface area contributed by atoms with Crippen molar-refractivity contribution in [2.75, 3.05) is 13.2 Å². The molecule has 0 fully saturated rings. The SMILES string of the molecule is CCNC(C)C(CO)C(C)=N. The third-order valence-corrected chi connectivity index (χ3v) is 1.88. The summed E-state index contributed by atoms with van der Waals surface area (Å²) >= 11 is 0. The van der Waals surface area contributed by atoms with Gasteiger partial charge in [0.25, 0.3) is 0 Å². The van der Waals surface area contributed by atoms with Crippen LogP contribution in [0.4, 0.5) is 0 Å². The summed E-state index contributed by atoms with van der Waals surface area (Å²) in [6.07, 6.45) is 0. The van der Waals surface area contributed by atoms with Crippen molar-refractivity contribution in [3.05, 3.63) is 0 Å². The highest BCUT2D eigenvalue weighted by Gasteiger charge is 2.16. The van der Waals surface area contributed by atoms with Gasteiger partial charge in [0.05, 0.1) is 6.61 Å². The van der Waals surface area contributed by atoms with Gasteiger partial charge in [0.2, 0.25) is 0 Å². The number of aliphatic hydroxyl groups is 1. The highest BCUT2D eigenvalue weighted by Crippen LogP contribution is 2.03. The molecule has 11 heavy (non-hydrogen) atoms. The minimum absolute atomic E-state index is 0.0325. The number of nitrogens with one attached hydrogen (secondary N) is 2. The van der Waals surface area contributed by atoms with Gasteiger partial charge in [0.15, 0.2) is 0 Å². The fourth-order valence-electron chi connectivity index (χ4n) is 1.13. The van der Waals surface area contributed by atoms with Crippen molar-refractivity contribution in [3.8, 4) is 0 Å². The number of aliphatic hydroxyl groups excluding tert-OH is 1. The molecule has 0 bridgehead atoms. The molecule has 3 nitrogen and oxygen atoms in total. The Bertz CT molecular complexity index is 125. The molecule has 0 aliphatic rings. The maximum absolute atomic E-state index is 8.91. The molecule has 2 unspecified atom stereocenters. The van der Waals surface area contributed by atoms with E-state index >= 15 is 0 Å². The first kappa shape index (κ1) is 10.6. The van der Waals surface area contributed by atoms with E-state index in [9.17, 15) is 0 Å². The van der Waals surface area contributed by atoms with Crippen LogP contribution in [0.15, 0.2) is 0 Å². The largest absolute Gasteiger partial charge is 0.396 e. The molecule has 3 heteroatoms. The molecule has 0 aromatic carbocycles. The van der Waals surface area contributed by atoms with Crippen LogP contribution >= 0.6 is 0 Å². The first-order valence-electron chi connectivity index (χ1n) is 4.02. The second kappa shape index (κ2) is 5.27. The van der Waals surface area contributed by atoms with E-state index in [-0.39, 0.29) is 18.6 Å². The molecule has 0 aliphatic carbocycles. The minimum atomic E-state index is -0.0325. The molecule has 66 valence electrons. The highest BCUT2D eigenvalue weighted by atomic mass is 16.3. The summed E-state index contributed by atoms with van der Waals surface area (Å²) in [5.74, 6) is -0.0325. The molecule has 0 amide bonds. The molecule has 0 saturated carbocycles. The van der Waals surface area contributed by atoms with Crippen LogP contribution in [0.5, 0.6) is 0 Å². The molecule has 0 heterocycles. The quantitative estimate of drug-likeness (QED) is 0.514. The first-order valence-corrected chi connectivity index (χ1v) is 4.02. The van der Waals surface area contributed by atoms with Gasteiger partial charge in [-0.15, -0.1) is 0 Å². The van der Waals surface area contributed by atoms with Crippen LogP contribution in [-0.2, 0) is 0 Å². The molecule has 0 aliphatic heterocycles. The summed E-state index contributed by atoms with van der Waals surface area (Å²) in [6.45, 7) is 6.68. The van der Waals surface area contributed by atoms with Crippen molar-refractivity contribution in [1.29, 1.82) is 5.41 Å². The van der Waals surface area contributed by atoms with Crippen molar-refractivity contribution < 1.29 is 5.11 Å². The zero-order valence-corrected chi connectivity index (χ0v) is 7.52. The van der Waals surface area contributed by atoms with Crippen molar-refractivity contribution in [3.63, 3.8) is 0 Å². The normalized spacial score (nSPS) is 16.0. The lowest BCUT2D eigenvalue weighted by Gasteiger charge is -2.21. The Hall–Kier alpha value is -0.410. The zero-order chi connectivity index (χ0) is 8.85. The van der Waals surface area contributed by atoms with Gasteiger partial charge in [-0.2, -0.15) is 0 Å². The average Bonchev–Trinajstić information content (AvgIpc) is 1.88. The van der Waals surface area contributed by atoms with Crippen LogP contribution < -0.4 is 5.32 Å². The number of hydrogen-bond donors (Lipinski definition) is 3. The van der Waals surface area contributed by atoms with Crippen LogP contribution in [0.1, 0.15) is 20.8 Å². The third kappa shape index (κ3) is 3.49. The minimum Gasteiger partial charge on any atom is -0.396 e. The number of hydrogen-bond acceptors (Lipinski definition) is 3. The maximum Gasteiger partial charge on any atom is 0.0526 e. The molecular weight excluding hydrogens is 140 g/mol. The third-order valence-electron chi connectivity index (χ3n) is 1.88. The fraction of sp³-hybridized carbons (Fsp3) is 0.875. The predicted octanol–water partition coefficient (Wildman–Crippen LogP) is 0.633. The van der Waals surface area contributed by atoms with Crippen LogP contribution in [0.2, 0.25) is 0 Å². The van der Waals surface area contributed by atoms with E-state index in [4.69, 9.17) is 10.5 Å². The average molecular weight is 158 g/mol. The van der Waals surface area contributed by atoms with Gasteiger partial charge in [-0.05, 0) is 20.4 Å². The van der Waals surface area contributed by atoms with E-state index in [2.05, 4.69) is 5.32 Å². The Morgan fingerprint density at radius 1 is 1.64 bits per heavy atom. The van der Waals surface area contributed by atoms with E-state index in [0.717, 1.165) is 6.54 Å². The lowest BCUT2D eigenvalue weighted by atomic mass is 9.98. The monoisotopic (exact) mass is 158 g/mol. The van der Waals surface area contributed by atoms with E-state index in [1.165, 1.54) is 0 Å². The Kier molecular flexibility index (Phi) is 5.07. The topological polar surface area (TPSA) is 56.1 Å². The van der Waals surface area contributed by atoms with Crippen molar-refractivity contribution in [2.24, 2.45) is 5.92 Å². The maximum atomic E-state index is 8.91. The predicted molar refractivity (Wildman–Crippen MR) is 47.1 cm³/mol. The van der Waals surface area contributed by atoms with Gasteiger partial charge in [0, 0.05) is 17.7 Å². The zero-order valence-electron chi connectivity index (χ0n) is 7.52. The lowest BCUT2D eigenvalue weighted by molar-refractivity contribution is 0.235. The molecule has 0 aromatic heterocycles. The first-order chi connectivity index (χ1) is 5.13. The number of rotatable bonds is 5. The van der Waals surface area contributed by atoms with Gasteiger partial charge < -0.3 is 15.8 Å². The molecule has 0 radical (unpaired) electrons. The van der Waals surface area contributed by atoms with Crippen LogP contribution in [0, 0.1) is 11.3 Å². The molecule has 2 atom stereocenters. The highest BCUT2D eigenvalue weighted by molar-refractivity contribution is 5.81. The van der Waals surface area contributed by atoms with Gasteiger partial charge >= 0.3 is 0 Å². The summed E-state index contributed by atoms with van der Waals surface area (Å²) in [5.41, 5.74) is 0.543. The van der Waals surface area contributed by atoms with Gasteiger partial charge in [-0.1, -0.05) is 6.92 Å². The van der Waals surface area contributed by atoms with E-state index in [1.807, 2.05) is 13.8 Å². The molecule has 0 aromatic rings. The Morgan fingerprint density at radius 2 is 2.18 bits per heavy atom. The van der Waals surface area contributed by atoms with Crippen LogP contribution in [0.3, 0.4) is 0 Å². The van der Waals surface area contributed by atoms with Crippen molar-refractivity contribution >= 4 is 5.71 Å². The van der Waals surface area contributed by atoms with E-state index < -0.39 is 0 Å². The molecule has 0 spiro atoms. The van der Waals surface area contributed by atoms with Crippen LogP contribution in [0.25, 0.3) is 0 Å². The van der Waals surface area contributed by atoms with Gasteiger partial charge in [0.1, 0.15) is 0 Å². The Morgan fingerprint density at radius 3 is 2.45 bits per heavy atom. The van der Waals surface area contributed by atoms with Gasteiger partial charge in [-0.25, -0.2) is 0 Å². The van der Waals surface area contributed by atoms with Gasteiger partial charge in [-0.3, -0.25) is 0 Å². The van der Waals surface area contributed by atoms with Crippen molar-refractivity contribution in [1.82, 2.24) is 5.32 Å². The van der Waals surface area contributed by atoms with Crippen LogP contribution in [-0.4, -0.2) is 30.0 Å². The smallest absolute Gasteiger partial charge is 0.0526 e. The molecule has 3 N–H and O–H groups in total. The van der Waals surface area contributed by atoms with E-state index in [1.54, 1.807) is 6.92 Å². The van der Waals surface area contributed by atoms with E-state index in [0.29, 0.717) is 5.71 Å². The molecule has 0 rings (SSSR count). The molecular formula is C8H18N2O. The summed E-state index contributed by atoms with van der Waals surface area (Å²) in [5, 5.41) is 19.5. The summed E-state index contributed by atoms with van der Waals surface area (Å²) in [4.78, 5) is 0. The summed E-state index contributed by atoms with van der Waals surface area (Å²) < 4.78 is 0. The summed E-state index contributed by atoms with van der Waals surface area (Å²) in [7, 11) is 0. The Balaban J connectivity index is 3.91. The Labute approximate surface area is 68.3 Å². The lowest BCUT2D eigenvalue weighted by Crippen LogP contribution is -2.38. The fourth-order valence-corrected chi connectivity index (χ4v) is 1.13. The summed E-state index contributed by atoms with van der Waals surface area (Å²) in [6, 6.07) is 0.197. The second-order valence-corrected chi connectivity index (χ2v) is 2.82.